The van der Waals surface area contributed by atoms with Crippen molar-refractivity contribution in [3.05, 3.63) is 102 Å². The number of ether oxygens (including phenoxy) is 4. The minimum absolute atomic E-state index is 0.201. The second-order valence-corrected chi connectivity index (χ2v) is 16.9. The van der Waals surface area contributed by atoms with Crippen LogP contribution in [-0.2, 0) is 32.0 Å². The molecular weight excluding hydrogens is 953 g/mol. The molecule has 0 aliphatic carbocycles. The van der Waals surface area contributed by atoms with Crippen LogP contribution in [0.2, 0.25) is 0 Å². The van der Waals surface area contributed by atoms with Gasteiger partial charge in [0.1, 0.15) is 0 Å². The van der Waals surface area contributed by atoms with Gasteiger partial charge in [-0.2, -0.15) is 0 Å². The summed E-state index contributed by atoms with van der Waals surface area (Å²) >= 11 is 0. The number of aliphatic hydroxyl groups is 3. The summed E-state index contributed by atoms with van der Waals surface area (Å²) in [5, 5.41) is 53.6. The van der Waals surface area contributed by atoms with Crippen molar-refractivity contribution in [2.24, 2.45) is 0 Å². The second-order valence-electron chi connectivity index (χ2n) is 16.9. The first kappa shape index (κ1) is 73.5. The molecule has 3 fully saturated rings. The van der Waals surface area contributed by atoms with E-state index in [2.05, 4.69) is 127 Å². The number of nitrogens with zero attached hydrogens (tertiary/aromatic N) is 3. The molecular formula is C56H108N12O7. The van der Waals surface area contributed by atoms with Gasteiger partial charge in [-0.25, -0.2) is 9.97 Å². The Bertz CT molecular complexity index is 1470. The van der Waals surface area contributed by atoms with Crippen LogP contribution in [0.4, 0.5) is 5.95 Å². The predicted molar refractivity (Wildman–Crippen MR) is 312 cm³/mol. The molecule has 0 radical (unpaired) electrons. The number of anilines is 1. The Kier molecular flexibility index (Phi) is 61.7. The fourth-order valence-corrected chi connectivity index (χ4v) is 6.31. The topological polar surface area (TPSA) is 235 Å². The second kappa shape index (κ2) is 63.0. The third kappa shape index (κ3) is 56.4. The van der Waals surface area contributed by atoms with E-state index < -0.39 is 0 Å². The highest BCUT2D eigenvalue weighted by atomic mass is 16.5. The van der Waals surface area contributed by atoms with Crippen LogP contribution >= 0.6 is 0 Å². The Balaban J connectivity index is 0. The van der Waals surface area contributed by atoms with Crippen molar-refractivity contribution in [1.82, 2.24) is 57.8 Å². The van der Waals surface area contributed by atoms with Gasteiger partial charge in [0.2, 0.25) is 5.95 Å². The molecule has 2 atom stereocenters. The van der Waals surface area contributed by atoms with E-state index in [-0.39, 0.29) is 19.8 Å². The SMILES string of the molecule is C1=CCNCC1.C1COCCN1.CCNCC.CCNCCO.COCCNCCOC.C[C@@H]1CNC[C@H](C)O1.OCCCNCc1ccccc1.OCCNCc1ccccc1.c1cnc(N2CCNCC2)nc1. The number of aromatic nitrogens is 2. The summed E-state index contributed by atoms with van der Waals surface area (Å²) in [6.07, 6.45) is 10.8. The van der Waals surface area contributed by atoms with Crippen molar-refractivity contribution in [3.63, 3.8) is 0 Å². The number of hydrogen-bond donors (Lipinski definition) is 12. The molecule has 0 spiro atoms. The number of morpholine rings is 2. The van der Waals surface area contributed by atoms with E-state index in [9.17, 15) is 0 Å². The molecule has 4 aliphatic heterocycles. The molecule has 19 heteroatoms. The minimum atomic E-state index is 0.201. The van der Waals surface area contributed by atoms with E-state index in [0.717, 1.165) is 163 Å². The smallest absolute Gasteiger partial charge is 0.225 e. The maximum absolute atomic E-state index is 8.52. The van der Waals surface area contributed by atoms with Gasteiger partial charge in [0.25, 0.3) is 0 Å². The molecule has 1 aromatic heterocycles. The average molecular weight is 1060 g/mol. The summed E-state index contributed by atoms with van der Waals surface area (Å²) < 4.78 is 20.1. The highest BCUT2D eigenvalue weighted by molar-refractivity contribution is 5.29. The number of aliphatic hydroxyl groups excluding tert-OH is 3. The van der Waals surface area contributed by atoms with Gasteiger partial charge in [0.05, 0.1) is 51.8 Å². The monoisotopic (exact) mass is 1060 g/mol. The summed E-state index contributed by atoms with van der Waals surface area (Å²) in [5.41, 5.74) is 2.54. The fourth-order valence-electron chi connectivity index (χ4n) is 6.31. The summed E-state index contributed by atoms with van der Waals surface area (Å²) in [6, 6.07) is 22.2. The molecule has 2 aromatic carbocycles. The zero-order valence-corrected chi connectivity index (χ0v) is 47.6. The number of rotatable bonds is 21. The van der Waals surface area contributed by atoms with Gasteiger partial charge in [-0.15, -0.1) is 0 Å². The van der Waals surface area contributed by atoms with Crippen LogP contribution in [0.1, 0.15) is 58.6 Å². The quantitative estimate of drug-likeness (QED) is 0.0543. The predicted octanol–water partition coefficient (Wildman–Crippen LogP) is 2.41. The molecule has 5 heterocycles. The van der Waals surface area contributed by atoms with Crippen LogP contribution < -0.4 is 52.8 Å². The number of benzene rings is 2. The van der Waals surface area contributed by atoms with Crippen molar-refractivity contribution in [3.8, 4) is 0 Å². The van der Waals surface area contributed by atoms with Crippen molar-refractivity contribution in [2.45, 2.75) is 72.8 Å². The standard InChI is InChI=1S/C10H15NO.C9H13NO.C8H12N4.C6H15NO2.C6H13NO.C5H9N.C4H9NO.C4H11NO.C4H11N/c12-8-4-7-11-9-10-5-2-1-3-6-10;11-7-6-10-8-9-4-2-1-3-5-9;1-2-10-8(11-3-1)12-6-4-9-5-7-12;1-8-5-3-7-4-6-9-2;1-5-3-7-4-6(2)8-5;1-2-4-6-5-3-1;1-3-6-4-2-5-1;1-2-5-3-4-6;1-3-5-4-2/h1-3,5-6,11-12H,4,7-9H2;1-5,10-11H,6-8H2;1-3,9H,4-7H2;7H,3-6H2,1-2H3;5-7H,3-4H2,1-2H3;1-2,6H,3-5H2;5H,1-4H2;5-6H,2-4H2,1H3;5H,3-4H2,1-2H3/t;;;;5-,6+;;;;. The Morgan fingerprint density at radius 1 is 0.573 bits per heavy atom. The van der Waals surface area contributed by atoms with Crippen LogP contribution in [0.15, 0.2) is 91.3 Å². The molecule has 0 saturated carbocycles. The van der Waals surface area contributed by atoms with Crippen molar-refractivity contribution >= 4 is 5.95 Å². The summed E-state index contributed by atoms with van der Waals surface area (Å²) in [7, 11) is 3.38. The van der Waals surface area contributed by atoms with Gasteiger partial charge in [-0.05, 0) is 76.6 Å². The zero-order valence-electron chi connectivity index (χ0n) is 47.6. The number of hydrogen-bond acceptors (Lipinski definition) is 19. The highest BCUT2D eigenvalue weighted by Crippen LogP contribution is 2.05. The molecule has 434 valence electrons. The van der Waals surface area contributed by atoms with Gasteiger partial charge in [-0.1, -0.05) is 93.6 Å². The van der Waals surface area contributed by atoms with E-state index in [1.807, 2.05) is 49.4 Å². The molecule has 4 aliphatic rings. The third-order valence-corrected chi connectivity index (χ3v) is 10.2. The van der Waals surface area contributed by atoms with Crippen LogP contribution in [0, 0.1) is 0 Å². The Labute approximate surface area is 454 Å². The van der Waals surface area contributed by atoms with Gasteiger partial charge in [0.15, 0.2) is 0 Å². The maximum atomic E-state index is 8.52. The number of methoxy groups -OCH3 is 2. The minimum Gasteiger partial charge on any atom is -0.396 e. The Morgan fingerprint density at radius 3 is 1.44 bits per heavy atom. The van der Waals surface area contributed by atoms with Crippen molar-refractivity contribution in [1.29, 1.82) is 0 Å². The van der Waals surface area contributed by atoms with E-state index in [0.29, 0.717) is 18.8 Å². The Morgan fingerprint density at radius 2 is 1.09 bits per heavy atom. The summed E-state index contributed by atoms with van der Waals surface area (Å²) in [4.78, 5) is 10.6. The lowest BCUT2D eigenvalue weighted by Gasteiger charge is -2.26. The molecule has 0 amide bonds. The molecule has 12 N–H and O–H groups in total. The largest absolute Gasteiger partial charge is 0.396 e. The van der Waals surface area contributed by atoms with Gasteiger partial charge >= 0.3 is 0 Å². The van der Waals surface area contributed by atoms with Gasteiger partial charge in [-0.3, -0.25) is 0 Å². The number of piperazine rings is 1. The van der Waals surface area contributed by atoms with Crippen LogP contribution in [-0.4, -0.2) is 216 Å². The average Bonchev–Trinajstić information content (AvgIpc) is 3.47. The first-order valence-electron chi connectivity index (χ1n) is 27.5. The van der Waals surface area contributed by atoms with Crippen LogP contribution in [0.3, 0.4) is 0 Å². The summed E-state index contributed by atoms with van der Waals surface area (Å²) in [6.45, 7) is 33.7. The van der Waals surface area contributed by atoms with Crippen molar-refractivity contribution in [2.75, 3.05) is 183 Å². The number of likely N-dealkylation sites (N-methyl/N-ethyl adjacent to an activating group) is 1. The molecule has 75 heavy (non-hydrogen) atoms. The molecule has 3 saturated heterocycles. The first-order chi connectivity index (χ1) is 36.9. The highest BCUT2D eigenvalue weighted by Gasteiger charge is 2.13. The Hall–Kier alpha value is -3.58. The first-order valence-corrected chi connectivity index (χ1v) is 27.5. The lowest BCUT2D eigenvalue weighted by molar-refractivity contribution is -0.0166. The van der Waals surface area contributed by atoms with Crippen LogP contribution in [0.5, 0.6) is 0 Å². The molecule has 0 bridgehead atoms. The van der Waals surface area contributed by atoms with Crippen molar-refractivity contribution < 1.29 is 34.3 Å². The van der Waals surface area contributed by atoms with E-state index in [1.54, 1.807) is 26.6 Å². The molecule has 0 unspecified atom stereocenters. The third-order valence-electron chi connectivity index (χ3n) is 10.2. The summed E-state index contributed by atoms with van der Waals surface area (Å²) in [5.74, 6) is 0.846. The lowest BCUT2D eigenvalue weighted by Crippen LogP contribution is -2.44. The lowest BCUT2D eigenvalue weighted by atomic mass is 10.2. The van der Waals surface area contributed by atoms with E-state index in [1.165, 1.54) is 17.5 Å². The maximum Gasteiger partial charge on any atom is 0.225 e. The fraction of sp³-hybridized carbons (Fsp3) is 0.679. The normalized spacial score (nSPS) is 16.3. The number of nitrogens with one attached hydrogen (secondary N) is 9. The molecule has 19 nitrogen and oxygen atoms in total. The van der Waals surface area contributed by atoms with Gasteiger partial charge < -0.3 is 87.0 Å². The zero-order chi connectivity index (χ0) is 55.2. The molecule has 3 aromatic rings. The van der Waals surface area contributed by atoms with Gasteiger partial charge in [0, 0.05) is 131 Å². The van der Waals surface area contributed by atoms with Crippen LogP contribution in [0.25, 0.3) is 0 Å². The van der Waals surface area contributed by atoms with E-state index in [4.69, 9.17) is 34.3 Å². The van der Waals surface area contributed by atoms with E-state index >= 15 is 0 Å². The molecule has 7 rings (SSSR count).